The highest BCUT2D eigenvalue weighted by Gasteiger charge is 2.25. The number of nitrogens with two attached hydrogens (primary N) is 1. The number of aliphatic hydroxyl groups excluding tert-OH is 1. The van der Waals surface area contributed by atoms with Gasteiger partial charge in [-0.15, -0.1) is 11.8 Å². The molecule has 2 aromatic heterocycles. The molecular formula is C19H21Cl2N5O4S. The van der Waals surface area contributed by atoms with Crippen molar-refractivity contribution in [1.82, 2.24) is 19.6 Å². The van der Waals surface area contributed by atoms with Gasteiger partial charge in [-0.2, -0.15) is 5.10 Å². The summed E-state index contributed by atoms with van der Waals surface area (Å²) in [4.78, 5) is 19.9. The first-order valence-electron chi connectivity index (χ1n) is 9.23. The van der Waals surface area contributed by atoms with Crippen molar-refractivity contribution in [3.63, 3.8) is 0 Å². The van der Waals surface area contributed by atoms with E-state index in [0.717, 1.165) is 0 Å². The lowest BCUT2D eigenvalue weighted by Crippen LogP contribution is -2.31. The number of fused-ring (bicyclic) bond motifs is 1. The lowest BCUT2D eigenvalue weighted by Gasteiger charge is -2.18. The third kappa shape index (κ3) is 5.04. The van der Waals surface area contributed by atoms with E-state index in [-0.39, 0.29) is 22.2 Å². The van der Waals surface area contributed by atoms with Gasteiger partial charge >= 0.3 is 5.97 Å². The lowest BCUT2D eigenvalue weighted by atomic mass is 10.1. The predicted molar refractivity (Wildman–Crippen MR) is 118 cm³/mol. The Morgan fingerprint density at radius 2 is 2.13 bits per heavy atom. The summed E-state index contributed by atoms with van der Waals surface area (Å²) < 4.78 is 11.9. The Morgan fingerprint density at radius 3 is 2.84 bits per heavy atom. The normalized spacial score (nSPS) is 13.2. The monoisotopic (exact) mass is 485 g/mol. The molecule has 2 heterocycles. The lowest BCUT2D eigenvalue weighted by molar-refractivity contribution is -0.142. The van der Waals surface area contributed by atoms with Gasteiger partial charge in [0.05, 0.1) is 35.7 Å². The molecule has 1 unspecified atom stereocenters. The minimum Gasteiger partial charge on any atom is -0.493 e. The molecule has 2 atom stereocenters. The van der Waals surface area contributed by atoms with Gasteiger partial charge < -0.3 is 20.3 Å². The number of imidazole rings is 1. The Balaban J connectivity index is 1.85. The van der Waals surface area contributed by atoms with E-state index in [1.807, 2.05) is 6.26 Å². The number of carbonyl (C=O) groups excluding carboxylic acids is 1. The average Bonchev–Trinajstić information content (AvgIpc) is 3.22. The zero-order valence-corrected chi connectivity index (χ0v) is 19.1. The molecule has 0 saturated heterocycles. The number of aromatic nitrogens is 4. The molecule has 0 aliphatic heterocycles. The molecule has 9 nitrogen and oxygen atoms in total. The maximum Gasteiger partial charge on any atom is 0.322 e. The second kappa shape index (κ2) is 10.5. The second-order valence-corrected chi connectivity index (χ2v) is 8.06. The van der Waals surface area contributed by atoms with E-state index >= 15 is 0 Å². The smallest absolute Gasteiger partial charge is 0.322 e. The summed E-state index contributed by atoms with van der Waals surface area (Å²) in [6, 6.07) is 2.48. The zero-order chi connectivity index (χ0) is 22.5. The molecule has 1 aromatic carbocycles. The van der Waals surface area contributed by atoms with Crippen LogP contribution in [0.15, 0.2) is 29.7 Å². The van der Waals surface area contributed by atoms with Crippen LogP contribution in [0.3, 0.4) is 0 Å². The number of rotatable bonds is 9. The molecule has 3 N–H and O–H groups in total. The highest BCUT2D eigenvalue weighted by Crippen LogP contribution is 2.40. The quantitative estimate of drug-likeness (QED) is 0.267. The van der Waals surface area contributed by atoms with Gasteiger partial charge in [-0.1, -0.05) is 23.2 Å². The van der Waals surface area contributed by atoms with E-state index < -0.39 is 18.1 Å². The highest BCUT2D eigenvalue weighted by molar-refractivity contribution is 7.98. The summed E-state index contributed by atoms with van der Waals surface area (Å²) in [6.45, 7) is 0.244. The fraction of sp³-hybridized carbons (Fsp3) is 0.368. The number of ether oxygens (including phenoxy) is 2. The van der Waals surface area contributed by atoms with Gasteiger partial charge in [0.2, 0.25) is 0 Å². The molecule has 0 bridgehead atoms. The maximum atomic E-state index is 11.4. The van der Waals surface area contributed by atoms with Gasteiger partial charge in [-0.05, 0) is 31.2 Å². The van der Waals surface area contributed by atoms with Crippen LogP contribution >= 0.6 is 35.0 Å². The average molecular weight is 486 g/mol. The fourth-order valence-electron chi connectivity index (χ4n) is 2.98. The van der Waals surface area contributed by atoms with E-state index in [4.69, 9.17) is 33.7 Å². The van der Waals surface area contributed by atoms with Crippen molar-refractivity contribution in [1.29, 1.82) is 0 Å². The van der Waals surface area contributed by atoms with Crippen LogP contribution in [0.1, 0.15) is 30.2 Å². The first-order chi connectivity index (χ1) is 14.9. The Morgan fingerprint density at radius 1 is 1.35 bits per heavy atom. The summed E-state index contributed by atoms with van der Waals surface area (Å²) in [5.74, 6) is -0.132. The first kappa shape index (κ1) is 23.6. The highest BCUT2D eigenvalue weighted by atomic mass is 35.5. The molecule has 0 aliphatic rings. The number of nitrogens with zero attached hydrogens (tertiary/aromatic N) is 4. The minimum atomic E-state index is -1.21. The first-order valence-corrected chi connectivity index (χ1v) is 11.2. The molecule has 12 heteroatoms. The molecule has 0 spiro atoms. The van der Waals surface area contributed by atoms with Gasteiger partial charge in [-0.25, -0.2) is 14.5 Å². The van der Waals surface area contributed by atoms with Crippen LogP contribution in [0, 0.1) is 0 Å². The zero-order valence-electron chi connectivity index (χ0n) is 16.8. The maximum absolute atomic E-state index is 11.4. The summed E-state index contributed by atoms with van der Waals surface area (Å²) in [6.07, 6.45) is 4.43. The second-order valence-electron chi connectivity index (χ2n) is 6.48. The number of thioether (sulfide) groups is 1. The molecule has 3 aromatic rings. The van der Waals surface area contributed by atoms with Gasteiger partial charge in [-0.3, -0.25) is 4.79 Å². The number of hydrogen-bond donors (Lipinski definition) is 2. The van der Waals surface area contributed by atoms with E-state index in [9.17, 15) is 9.90 Å². The van der Waals surface area contributed by atoms with E-state index in [0.29, 0.717) is 35.0 Å². The Kier molecular flexibility index (Phi) is 7.95. The van der Waals surface area contributed by atoms with Crippen LogP contribution in [-0.2, 0) is 9.53 Å². The number of esters is 1. The third-order valence-corrected chi connectivity index (χ3v) is 6.05. The Hall–Kier alpha value is -2.11. The minimum absolute atomic E-state index is 0.159. The van der Waals surface area contributed by atoms with Crippen molar-refractivity contribution in [2.75, 3.05) is 20.0 Å². The van der Waals surface area contributed by atoms with Crippen LogP contribution in [0.4, 0.5) is 0 Å². The molecule has 0 saturated carbocycles. The van der Waals surface area contributed by atoms with Crippen molar-refractivity contribution in [2.45, 2.75) is 30.0 Å². The van der Waals surface area contributed by atoms with Crippen LogP contribution < -0.4 is 10.5 Å². The molecule has 0 radical (unpaired) electrons. The van der Waals surface area contributed by atoms with Gasteiger partial charge in [0.25, 0.3) is 0 Å². The Labute approximate surface area is 192 Å². The van der Waals surface area contributed by atoms with Crippen molar-refractivity contribution in [3.8, 4) is 5.75 Å². The molecular weight excluding hydrogens is 465 g/mol. The number of benzene rings is 1. The van der Waals surface area contributed by atoms with Gasteiger partial charge in [0, 0.05) is 5.56 Å². The SMILES string of the molecule is COC(=O)[C@H](N)CCCOc1ccc(Cl)c(Cl)c1C(O)c1cnc2c(SC)ncnn12. The number of carbonyl (C=O) groups is 1. The third-order valence-electron chi connectivity index (χ3n) is 4.56. The number of hydrogen-bond acceptors (Lipinski definition) is 9. The molecule has 166 valence electrons. The van der Waals surface area contributed by atoms with E-state index in [1.54, 1.807) is 12.1 Å². The van der Waals surface area contributed by atoms with Crippen molar-refractivity contribution < 1.29 is 19.4 Å². The van der Waals surface area contributed by atoms with E-state index in [2.05, 4.69) is 19.8 Å². The molecule has 0 fully saturated rings. The molecule has 0 amide bonds. The van der Waals surface area contributed by atoms with Gasteiger partial charge in [0.1, 0.15) is 29.2 Å². The van der Waals surface area contributed by atoms with Crippen LogP contribution in [-0.4, -0.2) is 56.7 Å². The van der Waals surface area contributed by atoms with Crippen molar-refractivity contribution in [3.05, 3.63) is 46.0 Å². The summed E-state index contributed by atoms with van der Waals surface area (Å²) in [7, 11) is 1.29. The fourth-order valence-corrected chi connectivity index (χ4v) is 3.87. The van der Waals surface area contributed by atoms with Crippen LogP contribution in [0.5, 0.6) is 5.75 Å². The van der Waals surface area contributed by atoms with Crippen molar-refractivity contribution in [2.24, 2.45) is 5.73 Å². The van der Waals surface area contributed by atoms with Crippen LogP contribution in [0.25, 0.3) is 5.65 Å². The predicted octanol–water partition coefficient (Wildman–Crippen LogP) is 2.89. The van der Waals surface area contributed by atoms with Gasteiger partial charge in [0.15, 0.2) is 5.65 Å². The number of halogens is 2. The molecule has 31 heavy (non-hydrogen) atoms. The summed E-state index contributed by atoms with van der Waals surface area (Å²) >= 11 is 14.0. The van der Waals surface area contributed by atoms with Crippen LogP contribution in [0.2, 0.25) is 10.0 Å². The topological polar surface area (TPSA) is 125 Å². The van der Waals surface area contributed by atoms with E-state index in [1.165, 1.54) is 35.9 Å². The van der Waals surface area contributed by atoms with Crippen molar-refractivity contribution >= 4 is 46.6 Å². The standard InChI is InChI=1S/C19H21Cl2N5O4S/c1-29-19(28)11(22)4-3-7-30-13-6-5-10(20)15(21)14(13)16(27)12-8-23-17-18(31-2)24-9-25-26(12)17/h5-6,8-9,11,16,27H,3-4,7,22H2,1-2H3/t11-,16?/m1/s1. The Bertz CT molecular complexity index is 1080. The largest absolute Gasteiger partial charge is 0.493 e. The summed E-state index contributed by atoms with van der Waals surface area (Å²) in [5.41, 5.74) is 6.93. The molecule has 3 rings (SSSR count). The number of methoxy groups -OCH3 is 1. The molecule has 0 aliphatic carbocycles. The summed E-state index contributed by atoms with van der Waals surface area (Å²) in [5, 5.41) is 16.4. The number of aliphatic hydroxyl groups is 1.